The fourth-order valence-corrected chi connectivity index (χ4v) is 12.6. The molecule has 3 aliphatic heterocycles. The van der Waals surface area contributed by atoms with E-state index in [1.54, 1.807) is 0 Å². The Labute approximate surface area is 289 Å². The van der Waals surface area contributed by atoms with E-state index in [0.29, 0.717) is 24.0 Å². The highest BCUT2D eigenvalue weighted by molar-refractivity contribution is 6.99. The maximum Gasteiger partial charge on any atom is 0.282 e. The quantitative estimate of drug-likeness (QED) is 0.181. The molecule has 0 saturated carbocycles. The molecule has 3 atom stereocenters. The summed E-state index contributed by atoms with van der Waals surface area (Å²) in [6.45, 7) is 9.36. The Morgan fingerprint density at radius 1 is 0.898 bits per heavy atom. The molecule has 0 spiro atoms. The van der Waals surface area contributed by atoms with Crippen LogP contribution in [0.1, 0.15) is 56.8 Å². The van der Waals surface area contributed by atoms with Crippen molar-refractivity contribution in [2.45, 2.75) is 69.6 Å². The van der Waals surface area contributed by atoms with Gasteiger partial charge in [-0.15, -0.1) is 0 Å². The SMILES string of the molecule is C[C@@H]1Cc2cc3c(cc2[C@@H](c2ccc(N[C@H]4CCNC4)cc2)N1CC(F)(F)CO[Si](c1ccccc1)(c1ccccc1)C(C)(C)C)OCO3. The van der Waals surface area contributed by atoms with Gasteiger partial charge in [0, 0.05) is 24.3 Å². The van der Waals surface area contributed by atoms with Crippen molar-refractivity contribution in [3.63, 3.8) is 0 Å². The summed E-state index contributed by atoms with van der Waals surface area (Å²) >= 11 is 0. The van der Waals surface area contributed by atoms with Crippen molar-refractivity contribution in [3.05, 3.63) is 114 Å². The van der Waals surface area contributed by atoms with E-state index in [-0.39, 0.29) is 12.8 Å². The molecule has 7 rings (SSSR count). The van der Waals surface area contributed by atoms with Crippen LogP contribution in [0.15, 0.2) is 97.1 Å². The molecule has 0 amide bonds. The number of halogens is 2. The summed E-state index contributed by atoms with van der Waals surface area (Å²) in [4.78, 5) is 1.96. The van der Waals surface area contributed by atoms with Crippen LogP contribution in [-0.2, 0) is 10.8 Å². The zero-order chi connectivity index (χ0) is 34.2. The standard InChI is InChI=1S/C40H47F2N3O3Si/c1-28-21-30-22-36-37(47-27-46-36)23-35(30)38(29-15-17-31(18-16-29)44-32-19-20-43-24-32)45(28)25-40(41,42)26-48-49(39(2,3)4,33-11-7-5-8-12-33)34-13-9-6-10-14-34/h5-18,22-23,28,32,38,43-44H,19-21,24-27H2,1-4H3/t28-,32+,38-/m1/s1. The molecule has 3 aliphatic rings. The van der Waals surface area contributed by atoms with E-state index in [0.717, 1.165) is 52.3 Å². The highest BCUT2D eigenvalue weighted by atomic mass is 28.4. The zero-order valence-corrected chi connectivity index (χ0v) is 29.8. The van der Waals surface area contributed by atoms with Gasteiger partial charge >= 0.3 is 0 Å². The number of nitrogens with one attached hydrogen (secondary N) is 2. The van der Waals surface area contributed by atoms with Gasteiger partial charge in [-0.3, -0.25) is 4.90 Å². The molecule has 0 aliphatic carbocycles. The van der Waals surface area contributed by atoms with E-state index in [4.69, 9.17) is 13.9 Å². The van der Waals surface area contributed by atoms with E-state index in [1.807, 2.05) is 84.6 Å². The summed E-state index contributed by atoms with van der Waals surface area (Å²) in [6.07, 6.45) is 1.70. The van der Waals surface area contributed by atoms with Crippen LogP contribution >= 0.6 is 0 Å². The number of anilines is 1. The Balaban J connectivity index is 1.21. The van der Waals surface area contributed by atoms with Crippen molar-refractivity contribution in [2.75, 3.05) is 38.4 Å². The molecule has 1 fully saturated rings. The molecule has 0 bridgehead atoms. The van der Waals surface area contributed by atoms with Gasteiger partial charge in [-0.25, -0.2) is 8.78 Å². The first-order chi connectivity index (χ1) is 23.5. The van der Waals surface area contributed by atoms with Gasteiger partial charge in [0.05, 0.1) is 19.2 Å². The fraction of sp³-hybridized carbons (Fsp3) is 0.400. The number of rotatable bonds is 10. The Morgan fingerprint density at radius 3 is 2.12 bits per heavy atom. The average Bonchev–Trinajstić information content (AvgIpc) is 3.77. The molecule has 2 N–H and O–H groups in total. The summed E-state index contributed by atoms with van der Waals surface area (Å²) < 4.78 is 51.7. The first-order valence-electron chi connectivity index (χ1n) is 17.4. The number of hydrogen-bond acceptors (Lipinski definition) is 6. The van der Waals surface area contributed by atoms with Crippen LogP contribution in [-0.4, -0.2) is 64.3 Å². The lowest BCUT2D eigenvalue weighted by atomic mass is 9.84. The van der Waals surface area contributed by atoms with Crippen molar-refractivity contribution in [1.29, 1.82) is 0 Å². The average molecular weight is 684 g/mol. The van der Waals surface area contributed by atoms with Crippen LogP contribution in [0.2, 0.25) is 5.04 Å². The lowest BCUT2D eigenvalue weighted by Gasteiger charge is -2.46. The molecule has 0 unspecified atom stereocenters. The molecule has 4 aromatic carbocycles. The predicted molar refractivity (Wildman–Crippen MR) is 194 cm³/mol. The van der Waals surface area contributed by atoms with Gasteiger partial charge in [-0.05, 0) is 82.7 Å². The van der Waals surface area contributed by atoms with Crippen molar-refractivity contribution in [2.24, 2.45) is 0 Å². The van der Waals surface area contributed by atoms with Gasteiger partial charge in [-0.1, -0.05) is 93.6 Å². The normalized spacial score (nSPS) is 21.1. The smallest absolute Gasteiger partial charge is 0.282 e. The van der Waals surface area contributed by atoms with Crippen molar-refractivity contribution in [3.8, 4) is 11.5 Å². The Bertz CT molecular complexity index is 1690. The van der Waals surface area contributed by atoms with Gasteiger partial charge in [-0.2, -0.15) is 0 Å². The summed E-state index contributed by atoms with van der Waals surface area (Å²) in [6, 6.07) is 32.1. The number of fused-ring (bicyclic) bond motifs is 2. The lowest BCUT2D eigenvalue weighted by Crippen LogP contribution is -2.67. The third-order valence-electron chi connectivity index (χ3n) is 10.3. The number of nitrogens with zero attached hydrogens (tertiary/aromatic N) is 1. The maximum absolute atomic E-state index is 16.7. The molecule has 0 aromatic heterocycles. The third kappa shape index (κ3) is 6.74. The molecule has 4 aromatic rings. The largest absolute Gasteiger partial charge is 0.454 e. The van der Waals surface area contributed by atoms with E-state index in [9.17, 15) is 0 Å². The van der Waals surface area contributed by atoms with Gasteiger partial charge in [0.25, 0.3) is 14.2 Å². The van der Waals surface area contributed by atoms with Gasteiger partial charge in [0.15, 0.2) is 11.5 Å². The second kappa shape index (κ2) is 13.5. The topological polar surface area (TPSA) is 55.0 Å². The molecule has 258 valence electrons. The highest BCUT2D eigenvalue weighted by Gasteiger charge is 2.52. The second-order valence-electron chi connectivity index (χ2n) is 14.8. The highest BCUT2D eigenvalue weighted by Crippen LogP contribution is 2.45. The van der Waals surface area contributed by atoms with Crippen molar-refractivity contribution in [1.82, 2.24) is 10.2 Å². The third-order valence-corrected chi connectivity index (χ3v) is 15.3. The lowest BCUT2D eigenvalue weighted by molar-refractivity contribution is -0.0818. The molecular formula is C40H47F2N3O3Si. The summed E-state index contributed by atoms with van der Waals surface area (Å²) in [5.74, 6) is -1.76. The van der Waals surface area contributed by atoms with E-state index >= 15 is 8.78 Å². The Hall–Kier alpha value is -3.76. The van der Waals surface area contributed by atoms with E-state index in [2.05, 4.69) is 55.7 Å². The summed E-state index contributed by atoms with van der Waals surface area (Å²) in [7, 11) is -3.15. The number of alkyl halides is 2. The van der Waals surface area contributed by atoms with Crippen molar-refractivity contribution < 1.29 is 22.7 Å². The van der Waals surface area contributed by atoms with Crippen LogP contribution in [0.25, 0.3) is 0 Å². The Kier molecular flexibility index (Phi) is 9.30. The van der Waals surface area contributed by atoms with E-state index < -0.39 is 38.5 Å². The molecule has 6 nitrogen and oxygen atoms in total. The second-order valence-corrected chi connectivity index (χ2v) is 19.1. The summed E-state index contributed by atoms with van der Waals surface area (Å²) in [5, 5.41) is 8.57. The van der Waals surface area contributed by atoms with Gasteiger partial charge in [0.2, 0.25) is 6.79 Å². The van der Waals surface area contributed by atoms with Crippen molar-refractivity contribution >= 4 is 24.4 Å². The van der Waals surface area contributed by atoms with Crippen LogP contribution in [0, 0.1) is 0 Å². The number of benzene rings is 4. The molecule has 49 heavy (non-hydrogen) atoms. The first-order valence-corrected chi connectivity index (χ1v) is 19.3. The number of ether oxygens (including phenoxy) is 2. The minimum Gasteiger partial charge on any atom is -0.454 e. The van der Waals surface area contributed by atoms with E-state index in [1.165, 1.54) is 0 Å². The Morgan fingerprint density at radius 2 is 1.53 bits per heavy atom. The van der Waals surface area contributed by atoms with Crippen LogP contribution in [0.3, 0.4) is 0 Å². The maximum atomic E-state index is 16.7. The molecule has 1 saturated heterocycles. The first kappa shape index (κ1) is 33.7. The van der Waals surface area contributed by atoms with Gasteiger partial charge < -0.3 is 24.5 Å². The molecule has 9 heteroatoms. The minimum atomic E-state index is -3.15. The number of hydrogen-bond donors (Lipinski definition) is 2. The van der Waals surface area contributed by atoms with Crippen LogP contribution in [0.4, 0.5) is 14.5 Å². The predicted octanol–water partition coefficient (Wildman–Crippen LogP) is 6.74. The molecule has 3 heterocycles. The molecule has 0 radical (unpaired) electrons. The van der Waals surface area contributed by atoms with Gasteiger partial charge in [0.1, 0.15) is 0 Å². The molecular weight excluding hydrogens is 637 g/mol. The monoisotopic (exact) mass is 683 g/mol. The minimum absolute atomic E-state index is 0.154. The van der Waals surface area contributed by atoms with Crippen LogP contribution in [0.5, 0.6) is 11.5 Å². The fourth-order valence-electron chi connectivity index (χ4n) is 7.98. The van der Waals surface area contributed by atoms with Crippen LogP contribution < -0.4 is 30.5 Å². The summed E-state index contributed by atoms with van der Waals surface area (Å²) in [5.41, 5.74) is 4.07. The zero-order valence-electron chi connectivity index (χ0n) is 28.8.